The van der Waals surface area contributed by atoms with E-state index in [4.69, 9.17) is 4.74 Å². The number of ether oxygens (including phenoxy) is 1. The smallest absolute Gasteiger partial charge is 0.0850 e. The summed E-state index contributed by atoms with van der Waals surface area (Å²) in [6, 6.07) is 8.49. The lowest BCUT2D eigenvalue weighted by Crippen LogP contribution is -1.94. The molecule has 1 unspecified atom stereocenters. The van der Waals surface area contributed by atoms with Gasteiger partial charge in [-0.1, -0.05) is 24.3 Å². The summed E-state index contributed by atoms with van der Waals surface area (Å²) in [5.41, 5.74) is 2.80. The quantitative estimate of drug-likeness (QED) is 0.584. The Bertz CT molecular complexity index is 251. The van der Waals surface area contributed by atoms with Crippen molar-refractivity contribution in [3.63, 3.8) is 0 Å². The standard InChI is InChI=1S/C10H12O/c1-8-4-2-3-5-9(8)6-10-7-11-10/h2-5,10H,6-7H2,1H3. The van der Waals surface area contributed by atoms with E-state index in [2.05, 4.69) is 31.2 Å². The van der Waals surface area contributed by atoms with Gasteiger partial charge in [-0.15, -0.1) is 0 Å². The normalized spacial score (nSPS) is 21.7. The summed E-state index contributed by atoms with van der Waals surface area (Å²) < 4.78 is 5.17. The molecule has 0 bridgehead atoms. The van der Waals surface area contributed by atoms with Gasteiger partial charge in [0.1, 0.15) is 0 Å². The van der Waals surface area contributed by atoms with Crippen LogP contribution in [0.3, 0.4) is 0 Å². The Morgan fingerprint density at radius 1 is 1.45 bits per heavy atom. The third-order valence-electron chi connectivity index (χ3n) is 2.11. The first kappa shape index (κ1) is 6.86. The zero-order valence-electron chi connectivity index (χ0n) is 6.71. The van der Waals surface area contributed by atoms with Crippen molar-refractivity contribution in [2.24, 2.45) is 0 Å². The van der Waals surface area contributed by atoms with Crippen LogP contribution in [0, 0.1) is 6.92 Å². The molecule has 0 saturated carbocycles. The van der Waals surface area contributed by atoms with E-state index in [0.717, 1.165) is 13.0 Å². The van der Waals surface area contributed by atoms with E-state index in [-0.39, 0.29) is 0 Å². The SMILES string of the molecule is Cc1ccccc1CC1CO1. The van der Waals surface area contributed by atoms with Gasteiger partial charge < -0.3 is 4.74 Å². The molecule has 1 aliphatic heterocycles. The predicted octanol–water partition coefficient (Wildman–Crippen LogP) is 1.94. The summed E-state index contributed by atoms with van der Waals surface area (Å²) in [4.78, 5) is 0. The monoisotopic (exact) mass is 148 g/mol. The van der Waals surface area contributed by atoms with Gasteiger partial charge in [-0.2, -0.15) is 0 Å². The molecule has 0 spiro atoms. The van der Waals surface area contributed by atoms with E-state index in [0.29, 0.717) is 6.10 Å². The van der Waals surface area contributed by atoms with Gasteiger partial charge in [-0.05, 0) is 18.1 Å². The second-order valence-corrected chi connectivity index (χ2v) is 3.09. The maximum Gasteiger partial charge on any atom is 0.0850 e. The average Bonchev–Trinajstić information content (AvgIpc) is 2.78. The van der Waals surface area contributed by atoms with Crippen molar-refractivity contribution in [1.29, 1.82) is 0 Å². The van der Waals surface area contributed by atoms with E-state index in [9.17, 15) is 0 Å². The summed E-state index contributed by atoms with van der Waals surface area (Å²) in [5.74, 6) is 0. The van der Waals surface area contributed by atoms with Crippen LogP contribution in [0.5, 0.6) is 0 Å². The summed E-state index contributed by atoms with van der Waals surface area (Å²) in [6.45, 7) is 3.10. The fraction of sp³-hybridized carbons (Fsp3) is 0.400. The average molecular weight is 148 g/mol. The lowest BCUT2D eigenvalue weighted by Gasteiger charge is -2.01. The summed E-state index contributed by atoms with van der Waals surface area (Å²) in [5, 5.41) is 0. The molecule has 0 amide bonds. The summed E-state index contributed by atoms with van der Waals surface area (Å²) in [6.07, 6.45) is 1.60. The molecule has 0 aromatic heterocycles. The second-order valence-electron chi connectivity index (χ2n) is 3.09. The molecule has 1 aliphatic rings. The molecule has 1 atom stereocenters. The Morgan fingerprint density at radius 3 is 2.82 bits per heavy atom. The van der Waals surface area contributed by atoms with E-state index in [1.165, 1.54) is 11.1 Å². The maximum atomic E-state index is 5.17. The highest BCUT2D eigenvalue weighted by Gasteiger charge is 2.22. The lowest BCUT2D eigenvalue weighted by atomic mass is 10.0. The molecule has 0 N–H and O–H groups in total. The molecule has 1 heterocycles. The molecule has 0 aliphatic carbocycles. The van der Waals surface area contributed by atoms with Crippen LogP contribution in [0.4, 0.5) is 0 Å². The van der Waals surface area contributed by atoms with Crippen molar-refractivity contribution >= 4 is 0 Å². The molecule has 11 heavy (non-hydrogen) atoms. The van der Waals surface area contributed by atoms with Crippen LogP contribution in [0.25, 0.3) is 0 Å². The molecule has 1 heteroatoms. The largest absolute Gasteiger partial charge is 0.373 e. The van der Waals surface area contributed by atoms with E-state index < -0.39 is 0 Å². The molecule has 2 rings (SSSR count). The zero-order chi connectivity index (χ0) is 7.68. The fourth-order valence-electron chi connectivity index (χ4n) is 1.27. The first-order chi connectivity index (χ1) is 5.36. The van der Waals surface area contributed by atoms with Crippen LogP contribution in [0.2, 0.25) is 0 Å². The highest BCUT2D eigenvalue weighted by molar-refractivity contribution is 5.26. The maximum absolute atomic E-state index is 5.17. The third kappa shape index (κ3) is 1.60. The Kier molecular flexibility index (Phi) is 1.66. The number of hydrogen-bond acceptors (Lipinski definition) is 1. The van der Waals surface area contributed by atoms with E-state index in [1.807, 2.05) is 0 Å². The predicted molar refractivity (Wildman–Crippen MR) is 44.6 cm³/mol. The molecule has 0 radical (unpaired) electrons. The topological polar surface area (TPSA) is 12.5 Å². The van der Waals surface area contributed by atoms with Crippen molar-refractivity contribution in [2.75, 3.05) is 6.61 Å². The molecular formula is C10H12O. The molecular weight excluding hydrogens is 136 g/mol. The first-order valence-corrected chi connectivity index (χ1v) is 4.02. The lowest BCUT2D eigenvalue weighted by molar-refractivity contribution is 0.407. The van der Waals surface area contributed by atoms with Crippen molar-refractivity contribution < 1.29 is 4.74 Å². The van der Waals surface area contributed by atoms with Crippen LogP contribution in [0.15, 0.2) is 24.3 Å². The van der Waals surface area contributed by atoms with Crippen molar-refractivity contribution in [3.8, 4) is 0 Å². The highest BCUT2D eigenvalue weighted by atomic mass is 16.6. The number of benzene rings is 1. The molecule has 1 aromatic carbocycles. The Balaban J connectivity index is 2.15. The van der Waals surface area contributed by atoms with Crippen molar-refractivity contribution in [2.45, 2.75) is 19.4 Å². The van der Waals surface area contributed by atoms with Gasteiger partial charge in [0, 0.05) is 6.42 Å². The summed E-state index contributed by atoms with van der Waals surface area (Å²) >= 11 is 0. The zero-order valence-corrected chi connectivity index (χ0v) is 6.71. The van der Waals surface area contributed by atoms with Crippen molar-refractivity contribution in [1.82, 2.24) is 0 Å². The minimum Gasteiger partial charge on any atom is -0.373 e. The van der Waals surface area contributed by atoms with Crippen molar-refractivity contribution in [3.05, 3.63) is 35.4 Å². The van der Waals surface area contributed by atoms with Gasteiger partial charge in [0.15, 0.2) is 0 Å². The first-order valence-electron chi connectivity index (χ1n) is 4.02. The fourth-order valence-corrected chi connectivity index (χ4v) is 1.27. The van der Waals surface area contributed by atoms with Gasteiger partial charge in [0.25, 0.3) is 0 Å². The van der Waals surface area contributed by atoms with Crippen LogP contribution in [-0.2, 0) is 11.2 Å². The number of aryl methyl sites for hydroxylation is 1. The van der Waals surface area contributed by atoms with Gasteiger partial charge in [0.05, 0.1) is 12.7 Å². The van der Waals surface area contributed by atoms with E-state index in [1.54, 1.807) is 0 Å². The van der Waals surface area contributed by atoms with Gasteiger partial charge >= 0.3 is 0 Å². The highest BCUT2D eigenvalue weighted by Crippen LogP contribution is 2.18. The molecule has 1 saturated heterocycles. The van der Waals surface area contributed by atoms with Gasteiger partial charge in [-0.3, -0.25) is 0 Å². The summed E-state index contributed by atoms with van der Waals surface area (Å²) in [7, 11) is 0. The van der Waals surface area contributed by atoms with Gasteiger partial charge in [0.2, 0.25) is 0 Å². The molecule has 1 aromatic rings. The minimum atomic E-state index is 0.510. The van der Waals surface area contributed by atoms with Crippen LogP contribution < -0.4 is 0 Å². The molecule has 58 valence electrons. The second kappa shape index (κ2) is 2.67. The third-order valence-corrected chi connectivity index (χ3v) is 2.11. The number of hydrogen-bond donors (Lipinski definition) is 0. The minimum absolute atomic E-state index is 0.510. The Morgan fingerprint density at radius 2 is 2.18 bits per heavy atom. The Hall–Kier alpha value is -0.820. The molecule has 1 fully saturated rings. The van der Waals surface area contributed by atoms with E-state index >= 15 is 0 Å². The number of epoxide rings is 1. The number of rotatable bonds is 2. The van der Waals surface area contributed by atoms with Crippen LogP contribution in [0.1, 0.15) is 11.1 Å². The Labute approximate surface area is 67.0 Å². The van der Waals surface area contributed by atoms with Crippen LogP contribution in [-0.4, -0.2) is 12.7 Å². The van der Waals surface area contributed by atoms with Crippen LogP contribution >= 0.6 is 0 Å². The molecule has 1 nitrogen and oxygen atoms in total. The van der Waals surface area contributed by atoms with Gasteiger partial charge in [-0.25, -0.2) is 0 Å².